The average molecular weight is 499 g/mol. The molecule has 0 radical (unpaired) electrons. The molecular weight excluding hydrogens is 468 g/mol. The van der Waals surface area contributed by atoms with Crippen molar-refractivity contribution in [1.29, 1.82) is 0 Å². The highest BCUT2D eigenvalue weighted by Crippen LogP contribution is 2.48. The van der Waals surface area contributed by atoms with E-state index in [1.807, 2.05) is 25.1 Å². The lowest BCUT2D eigenvalue weighted by Gasteiger charge is -2.15. The molecule has 0 bridgehead atoms. The molecule has 0 spiro atoms. The molecule has 1 N–H and O–H groups in total. The first kappa shape index (κ1) is 25.2. The number of hydrogen-bond donors (Lipinski definition) is 1. The van der Waals surface area contributed by atoms with Crippen molar-refractivity contribution in [2.45, 2.75) is 77.6 Å². The molecule has 2 heterocycles. The normalized spacial score (nSPS) is 14.4. The maximum absolute atomic E-state index is 13.1. The molecule has 8 heteroatoms. The third-order valence-corrected chi connectivity index (χ3v) is 6.61. The van der Waals surface area contributed by atoms with Crippen LogP contribution in [0.3, 0.4) is 0 Å². The molecule has 1 aromatic carbocycles. The van der Waals surface area contributed by atoms with Gasteiger partial charge in [0.1, 0.15) is 11.5 Å². The number of aliphatic carboxylic acids is 1. The van der Waals surface area contributed by atoms with E-state index in [4.69, 9.17) is 20.5 Å². The molecule has 1 fully saturated rings. The van der Waals surface area contributed by atoms with E-state index in [1.54, 1.807) is 6.20 Å². The second-order valence-electron chi connectivity index (χ2n) is 9.96. The molecule has 0 unspecified atom stereocenters. The van der Waals surface area contributed by atoms with E-state index in [2.05, 4.69) is 24.0 Å². The van der Waals surface area contributed by atoms with Crippen LogP contribution in [0, 0.1) is 12.8 Å². The van der Waals surface area contributed by atoms with Crippen molar-refractivity contribution >= 4 is 23.4 Å². The lowest BCUT2D eigenvalue weighted by atomic mass is 9.88. The van der Waals surface area contributed by atoms with Crippen molar-refractivity contribution in [2.75, 3.05) is 0 Å². The summed E-state index contributed by atoms with van der Waals surface area (Å²) in [6, 6.07) is 5.63. The molecular formula is C27H31ClN2O5. The van der Waals surface area contributed by atoms with E-state index < -0.39 is 5.97 Å². The van der Waals surface area contributed by atoms with E-state index in [-0.39, 0.29) is 36.9 Å². The maximum atomic E-state index is 13.1. The Kier molecular flexibility index (Phi) is 7.75. The number of aromatic nitrogens is 2. The number of Topliss-reactive ketones (excluding diaryl/α,β-unsaturated/α-hetero) is 1. The van der Waals surface area contributed by atoms with Crippen LogP contribution in [0.1, 0.15) is 85.9 Å². The standard InChI is InChI=1S/C27H31ClN2O5/c1-15(2)10-21-14-29-27(34-21)26-24(17-6-7-17)25(30-35-26)19(8-9-23(32)33)13-20(31)12-18-5-4-16(3)11-22(18)28/h4-5,11,14-15,17,19H,6-10,12-13H2,1-3H3,(H,32,33)/t19-/m0/s1. The largest absolute Gasteiger partial charge is 0.481 e. The summed E-state index contributed by atoms with van der Waals surface area (Å²) >= 11 is 6.33. The molecule has 1 saturated carbocycles. The minimum atomic E-state index is -0.910. The summed E-state index contributed by atoms with van der Waals surface area (Å²) in [6.45, 7) is 6.16. The number of benzene rings is 1. The summed E-state index contributed by atoms with van der Waals surface area (Å²) < 4.78 is 11.7. The van der Waals surface area contributed by atoms with Gasteiger partial charge in [-0.1, -0.05) is 42.7 Å². The van der Waals surface area contributed by atoms with Gasteiger partial charge in [-0.05, 0) is 55.2 Å². The van der Waals surface area contributed by atoms with Gasteiger partial charge in [0.2, 0.25) is 5.76 Å². The minimum Gasteiger partial charge on any atom is -0.481 e. The van der Waals surface area contributed by atoms with Crippen molar-refractivity contribution in [2.24, 2.45) is 5.92 Å². The summed E-state index contributed by atoms with van der Waals surface area (Å²) in [5, 5.41) is 14.2. The van der Waals surface area contributed by atoms with Crippen LogP contribution in [-0.2, 0) is 22.4 Å². The zero-order valence-electron chi connectivity index (χ0n) is 20.3. The lowest BCUT2D eigenvalue weighted by Crippen LogP contribution is -2.13. The van der Waals surface area contributed by atoms with Gasteiger partial charge in [-0.2, -0.15) is 0 Å². The van der Waals surface area contributed by atoms with Crippen molar-refractivity contribution < 1.29 is 23.6 Å². The molecule has 0 saturated heterocycles. The molecule has 4 rings (SSSR count). The summed E-state index contributed by atoms with van der Waals surface area (Å²) in [7, 11) is 0. The molecule has 186 valence electrons. The molecule has 1 aliphatic carbocycles. The van der Waals surface area contributed by atoms with Crippen LogP contribution in [0.2, 0.25) is 5.02 Å². The summed E-state index contributed by atoms with van der Waals surface area (Å²) in [6.07, 6.45) is 5.02. The highest BCUT2D eigenvalue weighted by Gasteiger charge is 2.37. The smallest absolute Gasteiger partial charge is 0.303 e. The van der Waals surface area contributed by atoms with E-state index in [0.29, 0.717) is 34.7 Å². The Labute approximate surface area is 209 Å². The van der Waals surface area contributed by atoms with Gasteiger partial charge in [0.05, 0.1) is 11.9 Å². The molecule has 1 aliphatic rings. The number of hydrogen-bond acceptors (Lipinski definition) is 6. The van der Waals surface area contributed by atoms with E-state index >= 15 is 0 Å². The predicted octanol–water partition coefficient (Wildman–Crippen LogP) is 6.52. The van der Waals surface area contributed by atoms with Crippen LogP contribution in [0.25, 0.3) is 11.7 Å². The number of carbonyl (C=O) groups excluding carboxylic acids is 1. The number of carbonyl (C=O) groups is 2. The number of nitrogens with zero attached hydrogens (tertiary/aromatic N) is 2. The minimum absolute atomic E-state index is 0.0206. The third-order valence-electron chi connectivity index (χ3n) is 6.26. The molecule has 7 nitrogen and oxygen atoms in total. The summed E-state index contributed by atoms with van der Waals surface area (Å²) in [5.41, 5.74) is 3.34. The third kappa shape index (κ3) is 6.40. The molecule has 2 aromatic heterocycles. The van der Waals surface area contributed by atoms with Crippen LogP contribution < -0.4 is 0 Å². The van der Waals surface area contributed by atoms with Gasteiger partial charge in [0.25, 0.3) is 5.89 Å². The first-order chi connectivity index (χ1) is 16.7. The van der Waals surface area contributed by atoms with Crippen molar-refractivity contribution in [1.82, 2.24) is 10.1 Å². The monoisotopic (exact) mass is 498 g/mol. The van der Waals surface area contributed by atoms with Crippen LogP contribution in [-0.4, -0.2) is 27.0 Å². The Morgan fingerprint density at radius 1 is 1.26 bits per heavy atom. The lowest BCUT2D eigenvalue weighted by molar-refractivity contribution is -0.137. The fourth-order valence-corrected chi connectivity index (χ4v) is 4.72. The quantitative estimate of drug-likeness (QED) is 0.303. The summed E-state index contributed by atoms with van der Waals surface area (Å²) in [5.74, 6) is 1.03. The van der Waals surface area contributed by atoms with Crippen LogP contribution in [0.4, 0.5) is 0 Å². The van der Waals surface area contributed by atoms with Gasteiger partial charge in [0.15, 0.2) is 0 Å². The Hall–Kier alpha value is -2.93. The summed E-state index contributed by atoms with van der Waals surface area (Å²) in [4.78, 5) is 28.8. The van der Waals surface area contributed by atoms with E-state index in [9.17, 15) is 14.7 Å². The van der Waals surface area contributed by atoms with E-state index in [0.717, 1.165) is 41.7 Å². The van der Waals surface area contributed by atoms with Crippen molar-refractivity contribution in [3.8, 4) is 11.7 Å². The molecule has 0 amide bonds. The Morgan fingerprint density at radius 2 is 2.03 bits per heavy atom. The number of carboxylic acid groups (broad SMARTS) is 1. The number of rotatable bonds is 12. The highest BCUT2D eigenvalue weighted by atomic mass is 35.5. The molecule has 0 aliphatic heterocycles. The van der Waals surface area contributed by atoms with Gasteiger partial charge < -0.3 is 14.0 Å². The maximum Gasteiger partial charge on any atom is 0.303 e. The van der Waals surface area contributed by atoms with Gasteiger partial charge in [-0.15, -0.1) is 0 Å². The Bertz CT molecular complexity index is 1210. The number of carboxylic acids is 1. The molecule has 3 aromatic rings. The van der Waals surface area contributed by atoms with Crippen molar-refractivity contribution in [3.05, 3.63) is 57.6 Å². The number of oxazole rings is 1. The van der Waals surface area contributed by atoms with Crippen LogP contribution in [0.5, 0.6) is 0 Å². The Morgan fingerprint density at radius 3 is 2.69 bits per heavy atom. The van der Waals surface area contributed by atoms with Gasteiger partial charge >= 0.3 is 5.97 Å². The second kappa shape index (κ2) is 10.8. The molecule has 1 atom stereocenters. The van der Waals surface area contributed by atoms with Crippen molar-refractivity contribution in [3.63, 3.8) is 0 Å². The number of halogens is 1. The highest BCUT2D eigenvalue weighted by molar-refractivity contribution is 6.31. The predicted molar refractivity (Wildman–Crippen MR) is 132 cm³/mol. The van der Waals surface area contributed by atoms with Gasteiger partial charge in [-0.3, -0.25) is 9.59 Å². The van der Waals surface area contributed by atoms with Crippen LogP contribution in [0.15, 0.2) is 33.3 Å². The fourth-order valence-electron chi connectivity index (χ4n) is 4.42. The first-order valence-corrected chi connectivity index (χ1v) is 12.5. The average Bonchev–Trinajstić information content (AvgIpc) is 3.36. The Balaban J connectivity index is 1.60. The SMILES string of the molecule is Cc1ccc(CC(=O)C[C@H](CCC(=O)O)c2noc(-c3ncc(CC(C)C)o3)c2C2CC2)c(Cl)c1. The zero-order chi connectivity index (χ0) is 25.1. The van der Waals surface area contributed by atoms with E-state index in [1.165, 1.54) is 0 Å². The number of aryl methyl sites for hydroxylation is 1. The van der Waals surface area contributed by atoms with Gasteiger partial charge in [0, 0.05) is 42.2 Å². The first-order valence-electron chi connectivity index (χ1n) is 12.1. The topological polar surface area (TPSA) is 106 Å². The zero-order valence-corrected chi connectivity index (χ0v) is 21.1. The van der Waals surface area contributed by atoms with Gasteiger partial charge in [-0.25, -0.2) is 4.98 Å². The second-order valence-corrected chi connectivity index (χ2v) is 10.4. The molecule has 35 heavy (non-hydrogen) atoms. The van der Waals surface area contributed by atoms with Crippen LogP contribution >= 0.6 is 11.6 Å². The number of ketones is 1. The fraction of sp³-hybridized carbons (Fsp3) is 0.481.